The third kappa shape index (κ3) is 5.73. The van der Waals surface area contributed by atoms with Gasteiger partial charge in [-0.1, -0.05) is 41.5 Å². The van der Waals surface area contributed by atoms with Crippen LogP contribution >= 0.6 is 0 Å². The second-order valence-corrected chi connectivity index (χ2v) is 6.56. The van der Waals surface area contributed by atoms with Gasteiger partial charge in [0.2, 0.25) is 0 Å². The maximum absolute atomic E-state index is 11.9. The van der Waals surface area contributed by atoms with E-state index >= 15 is 0 Å². The summed E-state index contributed by atoms with van der Waals surface area (Å²) in [7, 11) is 0. The number of aliphatic imine (C=N–C) groups is 1. The van der Waals surface area contributed by atoms with Crippen LogP contribution in [0.3, 0.4) is 0 Å². The molecule has 0 heterocycles. The van der Waals surface area contributed by atoms with Crippen LogP contribution in [-0.2, 0) is 4.79 Å². The maximum Gasteiger partial charge on any atom is 0.252 e. The van der Waals surface area contributed by atoms with E-state index in [-0.39, 0.29) is 28.6 Å². The Kier molecular flexibility index (Phi) is 4.53. The van der Waals surface area contributed by atoms with Crippen molar-refractivity contribution in [1.29, 1.82) is 0 Å². The summed E-state index contributed by atoms with van der Waals surface area (Å²) in [5.74, 6) is -0.537. The van der Waals surface area contributed by atoms with Crippen molar-refractivity contribution in [2.75, 3.05) is 0 Å². The first-order valence-electron chi connectivity index (χ1n) is 5.57. The minimum absolute atomic E-state index is 0.0759. The Hall–Kier alpha value is -1.06. The van der Waals surface area contributed by atoms with Crippen molar-refractivity contribution >= 4 is 11.9 Å². The van der Waals surface area contributed by atoms with Crippen LogP contribution in [0.5, 0.6) is 0 Å². The lowest BCUT2D eigenvalue weighted by molar-refractivity contribution is -0.126. The minimum Gasteiger partial charge on any atom is -0.370 e. The van der Waals surface area contributed by atoms with Crippen LogP contribution in [0.4, 0.5) is 0 Å². The Bertz CT molecular complexity index is 278. The number of rotatable bonds is 2. The molecule has 1 unspecified atom stereocenters. The van der Waals surface area contributed by atoms with Crippen molar-refractivity contribution in [1.82, 2.24) is 0 Å². The van der Waals surface area contributed by atoms with Gasteiger partial charge in [-0.2, -0.15) is 4.99 Å². The van der Waals surface area contributed by atoms with E-state index in [0.717, 1.165) is 6.42 Å². The van der Waals surface area contributed by atoms with Crippen LogP contribution < -0.4 is 11.5 Å². The molecule has 0 bridgehead atoms. The molecule has 94 valence electrons. The van der Waals surface area contributed by atoms with Crippen molar-refractivity contribution in [3.05, 3.63) is 0 Å². The highest BCUT2D eigenvalue weighted by Crippen LogP contribution is 2.36. The fourth-order valence-corrected chi connectivity index (χ4v) is 1.58. The summed E-state index contributed by atoms with van der Waals surface area (Å²) in [6.07, 6.45) is 0.770. The first-order chi connectivity index (χ1) is 6.93. The predicted octanol–water partition coefficient (Wildman–Crippen LogP) is 1.88. The van der Waals surface area contributed by atoms with Gasteiger partial charge in [0.25, 0.3) is 5.91 Å². The number of hydrogen-bond donors (Lipinski definition) is 2. The number of amides is 1. The topological polar surface area (TPSA) is 81.5 Å². The Morgan fingerprint density at radius 1 is 1.12 bits per heavy atom. The summed E-state index contributed by atoms with van der Waals surface area (Å²) < 4.78 is 0. The molecule has 0 spiro atoms. The van der Waals surface area contributed by atoms with Crippen LogP contribution in [0.1, 0.15) is 48.0 Å². The first kappa shape index (κ1) is 14.9. The number of nitrogens with zero attached hydrogens (tertiary/aromatic N) is 1. The monoisotopic (exact) mass is 227 g/mol. The van der Waals surface area contributed by atoms with Crippen LogP contribution in [0.2, 0.25) is 0 Å². The Morgan fingerprint density at radius 3 is 1.81 bits per heavy atom. The standard InChI is InChI=1S/C12H25N3O/c1-11(2,3)7-8(12(4,5)6)9(16)15-10(13)14/h8H,7H2,1-6H3,(H4,13,14,15,16). The van der Waals surface area contributed by atoms with Crippen molar-refractivity contribution in [2.24, 2.45) is 33.2 Å². The number of guanidine groups is 1. The Balaban J connectivity index is 4.98. The van der Waals surface area contributed by atoms with E-state index < -0.39 is 0 Å². The molecular formula is C12H25N3O. The van der Waals surface area contributed by atoms with Crippen molar-refractivity contribution in [3.63, 3.8) is 0 Å². The summed E-state index contributed by atoms with van der Waals surface area (Å²) >= 11 is 0. The minimum atomic E-state index is -0.220. The summed E-state index contributed by atoms with van der Waals surface area (Å²) in [6.45, 7) is 12.4. The van der Waals surface area contributed by atoms with Gasteiger partial charge in [-0.15, -0.1) is 0 Å². The van der Waals surface area contributed by atoms with Crippen LogP contribution in [0, 0.1) is 16.7 Å². The van der Waals surface area contributed by atoms with Crippen LogP contribution in [-0.4, -0.2) is 11.9 Å². The maximum atomic E-state index is 11.9. The number of nitrogens with two attached hydrogens (primary N) is 2. The molecule has 0 saturated carbocycles. The Labute approximate surface area is 98.5 Å². The normalized spacial score (nSPS) is 14.4. The van der Waals surface area contributed by atoms with Gasteiger partial charge in [-0.05, 0) is 17.3 Å². The zero-order valence-electron chi connectivity index (χ0n) is 11.3. The van der Waals surface area contributed by atoms with Crippen molar-refractivity contribution in [2.45, 2.75) is 48.0 Å². The van der Waals surface area contributed by atoms with E-state index in [4.69, 9.17) is 11.5 Å². The molecular weight excluding hydrogens is 202 g/mol. The zero-order valence-corrected chi connectivity index (χ0v) is 11.3. The summed E-state index contributed by atoms with van der Waals surface area (Å²) in [5.41, 5.74) is 10.4. The average molecular weight is 227 g/mol. The molecule has 0 rings (SSSR count). The second-order valence-electron chi connectivity index (χ2n) is 6.56. The van der Waals surface area contributed by atoms with Gasteiger partial charge in [-0.3, -0.25) is 4.79 Å². The highest BCUT2D eigenvalue weighted by atomic mass is 16.1. The third-order valence-corrected chi connectivity index (χ3v) is 2.40. The fourth-order valence-electron chi connectivity index (χ4n) is 1.58. The molecule has 0 saturated heterocycles. The molecule has 0 aromatic carbocycles. The van der Waals surface area contributed by atoms with Gasteiger partial charge in [0.05, 0.1) is 0 Å². The SMILES string of the molecule is CC(C)(C)CC(C(=O)N=C(N)N)C(C)(C)C. The van der Waals surface area contributed by atoms with Crippen LogP contribution in [0.25, 0.3) is 0 Å². The third-order valence-electron chi connectivity index (χ3n) is 2.40. The molecule has 1 amide bonds. The van der Waals surface area contributed by atoms with Gasteiger partial charge >= 0.3 is 0 Å². The molecule has 1 atom stereocenters. The summed E-state index contributed by atoms with van der Waals surface area (Å²) in [5, 5.41) is 0. The quantitative estimate of drug-likeness (QED) is 0.558. The molecule has 0 aliphatic heterocycles. The lowest BCUT2D eigenvalue weighted by Gasteiger charge is -2.33. The number of carbonyl (C=O) groups excluding carboxylic acids is 1. The highest BCUT2D eigenvalue weighted by Gasteiger charge is 2.34. The van der Waals surface area contributed by atoms with E-state index in [1.165, 1.54) is 0 Å². The first-order valence-corrected chi connectivity index (χ1v) is 5.57. The lowest BCUT2D eigenvalue weighted by atomic mass is 9.72. The molecule has 4 nitrogen and oxygen atoms in total. The van der Waals surface area contributed by atoms with Gasteiger partial charge in [0.15, 0.2) is 5.96 Å². The molecule has 0 aromatic heterocycles. The van der Waals surface area contributed by atoms with Crippen LogP contribution in [0.15, 0.2) is 4.99 Å². The summed E-state index contributed by atoms with van der Waals surface area (Å²) in [6, 6.07) is 0. The molecule has 0 fully saturated rings. The van der Waals surface area contributed by atoms with E-state index in [0.29, 0.717) is 0 Å². The molecule has 4 heteroatoms. The highest BCUT2D eigenvalue weighted by molar-refractivity contribution is 5.92. The van der Waals surface area contributed by atoms with Gasteiger partial charge in [0.1, 0.15) is 0 Å². The molecule has 4 N–H and O–H groups in total. The average Bonchev–Trinajstić information content (AvgIpc) is 1.94. The smallest absolute Gasteiger partial charge is 0.252 e. The van der Waals surface area contributed by atoms with Gasteiger partial charge in [0, 0.05) is 5.92 Å². The molecule has 0 aliphatic carbocycles. The zero-order chi connectivity index (χ0) is 13.1. The van der Waals surface area contributed by atoms with Crippen molar-refractivity contribution in [3.8, 4) is 0 Å². The van der Waals surface area contributed by atoms with E-state index in [9.17, 15) is 4.79 Å². The number of hydrogen-bond acceptors (Lipinski definition) is 1. The second kappa shape index (κ2) is 4.85. The fraction of sp³-hybridized carbons (Fsp3) is 0.833. The predicted molar refractivity (Wildman–Crippen MR) is 67.8 cm³/mol. The largest absolute Gasteiger partial charge is 0.370 e. The molecule has 0 aromatic rings. The van der Waals surface area contributed by atoms with Gasteiger partial charge < -0.3 is 11.5 Å². The number of carbonyl (C=O) groups is 1. The van der Waals surface area contributed by atoms with Gasteiger partial charge in [-0.25, -0.2) is 0 Å². The van der Waals surface area contributed by atoms with E-state index in [2.05, 4.69) is 25.8 Å². The van der Waals surface area contributed by atoms with Crippen molar-refractivity contribution < 1.29 is 4.79 Å². The Morgan fingerprint density at radius 2 is 1.56 bits per heavy atom. The van der Waals surface area contributed by atoms with E-state index in [1.807, 2.05) is 20.8 Å². The molecule has 0 radical (unpaired) electrons. The molecule has 0 aliphatic rings. The molecule has 16 heavy (non-hydrogen) atoms. The lowest BCUT2D eigenvalue weighted by Crippen LogP contribution is -2.34. The van der Waals surface area contributed by atoms with E-state index in [1.54, 1.807) is 0 Å². The summed E-state index contributed by atoms with van der Waals surface area (Å²) in [4.78, 5) is 15.6.